The van der Waals surface area contributed by atoms with E-state index in [-0.39, 0.29) is 18.1 Å². The molecular weight excluding hydrogens is 295 g/mol. The highest BCUT2D eigenvalue weighted by Gasteiger charge is 2.15. The van der Waals surface area contributed by atoms with E-state index < -0.39 is 5.91 Å². The first-order chi connectivity index (χ1) is 11.1. The minimum absolute atomic E-state index is 0.177. The van der Waals surface area contributed by atoms with Crippen molar-refractivity contribution in [1.82, 2.24) is 4.98 Å². The molecule has 0 aliphatic carbocycles. The fourth-order valence-electron chi connectivity index (χ4n) is 2.08. The molecule has 0 aliphatic heterocycles. The van der Waals surface area contributed by atoms with Crippen molar-refractivity contribution < 1.29 is 9.18 Å². The predicted molar refractivity (Wildman–Crippen MR) is 88.9 cm³/mol. The number of hydrogen-bond donors (Lipinski definition) is 2. The second kappa shape index (κ2) is 8.03. The molecule has 1 aromatic heterocycles. The maximum absolute atomic E-state index is 13.7. The molecule has 23 heavy (non-hydrogen) atoms. The van der Waals surface area contributed by atoms with Crippen LogP contribution in [0.3, 0.4) is 0 Å². The number of anilines is 1. The molecule has 0 saturated heterocycles. The molecule has 2 aromatic rings. The van der Waals surface area contributed by atoms with Crippen molar-refractivity contribution in [3.05, 3.63) is 59.5 Å². The van der Waals surface area contributed by atoms with Crippen LogP contribution in [0.5, 0.6) is 0 Å². The van der Waals surface area contributed by atoms with Gasteiger partial charge in [-0.15, -0.1) is 0 Å². The number of carbonyl (C=O) groups is 1. The lowest BCUT2D eigenvalue weighted by Crippen LogP contribution is -2.26. The Balaban J connectivity index is 2.26. The van der Waals surface area contributed by atoms with E-state index in [2.05, 4.69) is 15.3 Å². The Bertz CT molecular complexity index is 715. The average Bonchev–Trinajstić information content (AvgIpc) is 2.55. The Morgan fingerprint density at radius 1 is 1.30 bits per heavy atom. The van der Waals surface area contributed by atoms with Gasteiger partial charge in [0, 0.05) is 30.4 Å². The largest absolute Gasteiger partial charge is 0.365 e. The van der Waals surface area contributed by atoms with Gasteiger partial charge in [0.2, 0.25) is 0 Å². The summed E-state index contributed by atoms with van der Waals surface area (Å²) in [5.74, 6) is -0.461. The van der Waals surface area contributed by atoms with Crippen LogP contribution in [-0.2, 0) is 11.3 Å². The number of halogens is 1. The molecule has 0 fully saturated rings. The van der Waals surface area contributed by atoms with Gasteiger partial charge in [0.25, 0.3) is 5.91 Å². The number of carbonyl (C=O) groups excluding carboxylic acids is 1. The maximum atomic E-state index is 13.7. The average molecular weight is 314 g/mol. The normalized spacial score (nSPS) is 11.3. The number of nitrogens with zero attached hydrogens (tertiary/aromatic N) is 2. The van der Waals surface area contributed by atoms with Gasteiger partial charge in [-0.3, -0.25) is 9.79 Å². The summed E-state index contributed by atoms with van der Waals surface area (Å²) in [6, 6.07) is 9.90. The van der Waals surface area contributed by atoms with Crippen LogP contribution >= 0.6 is 0 Å². The second-order valence-corrected chi connectivity index (χ2v) is 4.94. The summed E-state index contributed by atoms with van der Waals surface area (Å²) >= 11 is 0. The molecule has 6 heteroatoms. The van der Waals surface area contributed by atoms with E-state index in [0.29, 0.717) is 23.5 Å². The van der Waals surface area contributed by atoms with E-state index in [0.717, 1.165) is 6.42 Å². The topological polar surface area (TPSA) is 80.4 Å². The van der Waals surface area contributed by atoms with Crippen LogP contribution in [0.15, 0.2) is 47.6 Å². The van der Waals surface area contributed by atoms with Crippen LogP contribution < -0.4 is 11.1 Å². The van der Waals surface area contributed by atoms with Gasteiger partial charge in [0.1, 0.15) is 17.3 Å². The second-order valence-electron chi connectivity index (χ2n) is 4.94. The van der Waals surface area contributed by atoms with Gasteiger partial charge < -0.3 is 11.1 Å². The van der Waals surface area contributed by atoms with Crippen LogP contribution in [0, 0.1) is 5.82 Å². The highest BCUT2D eigenvalue weighted by atomic mass is 19.1. The van der Waals surface area contributed by atoms with Crippen molar-refractivity contribution >= 4 is 17.4 Å². The van der Waals surface area contributed by atoms with Crippen molar-refractivity contribution in [3.63, 3.8) is 0 Å². The minimum Gasteiger partial charge on any atom is -0.365 e. The van der Waals surface area contributed by atoms with E-state index in [1.54, 1.807) is 36.5 Å². The molecule has 5 nitrogen and oxygen atoms in total. The third kappa shape index (κ3) is 4.35. The van der Waals surface area contributed by atoms with Gasteiger partial charge in [-0.2, -0.15) is 0 Å². The molecule has 120 valence electrons. The number of pyridine rings is 1. The number of rotatable bonds is 7. The number of primary amides is 1. The quantitative estimate of drug-likeness (QED) is 0.771. The minimum atomic E-state index is -0.611. The first kappa shape index (κ1) is 16.6. The van der Waals surface area contributed by atoms with Crippen LogP contribution in [0.25, 0.3) is 0 Å². The van der Waals surface area contributed by atoms with Crippen LogP contribution in [0.1, 0.15) is 24.5 Å². The summed E-state index contributed by atoms with van der Waals surface area (Å²) in [6.45, 7) is 2.71. The van der Waals surface area contributed by atoms with E-state index in [1.807, 2.05) is 6.92 Å². The number of amides is 1. The Kier molecular flexibility index (Phi) is 5.80. The lowest BCUT2D eigenvalue weighted by molar-refractivity contribution is -0.111. The molecule has 1 amide bonds. The zero-order chi connectivity index (χ0) is 16.7. The van der Waals surface area contributed by atoms with Gasteiger partial charge in [0.15, 0.2) is 0 Å². The molecule has 3 N–H and O–H groups in total. The maximum Gasteiger partial charge on any atom is 0.267 e. The fraction of sp³-hybridized carbons (Fsp3) is 0.235. The van der Waals surface area contributed by atoms with Gasteiger partial charge in [-0.1, -0.05) is 25.1 Å². The fourth-order valence-corrected chi connectivity index (χ4v) is 2.08. The SMILES string of the molecule is CCCN=C(C(N)=O)c1cccnc1NCc1ccccc1F. The van der Waals surface area contributed by atoms with E-state index in [4.69, 9.17) is 5.73 Å². The lowest BCUT2D eigenvalue weighted by atomic mass is 10.1. The Morgan fingerprint density at radius 3 is 2.78 bits per heavy atom. The zero-order valence-electron chi connectivity index (χ0n) is 12.9. The molecule has 1 heterocycles. The van der Waals surface area contributed by atoms with Gasteiger partial charge in [-0.25, -0.2) is 9.37 Å². The van der Waals surface area contributed by atoms with E-state index in [9.17, 15) is 9.18 Å². The summed E-state index contributed by atoms with van der Waals surface area (Å²) in [5, 5.41) is 3.04. The molecule has 2 rings (SSSR count). The van der Waals surface area contributed by atoms with E-state index in [1.165, 1.54) is 6.07 Å². The van der Waals surface area contributed by atoms with Crippen molar-refractivity contribution in [1.29, 1.82) is 0 Å². The zero-order valence-corrected chi connectivity index (χ0v) is 12.9. The van der Waals surface area contributed by atoms with Gasteiger partial charge >= 0.3 is 0 Å². The molecule has 0 atom stereocenters. The molecular formula is C17H19FN4O. The molecule has 0 bridgehead atoms. The number of nitrogens with two attached hydrogens (primary N) is 1. The lowest BCUT2D eigenvalue weighted by Gasteiger charge is -2.12. The van der Waals surface area contributed by atoms with Gasteiger partial charge in [0.05, 0.1) is 0 Å². The van der Waals surface area contributed by atoms with Gasteiger partial charge in [-0.05, 0) is 24.6 Å². The number of aliphatic imine (C=N–C) groups is 1. The standard InChI is InChI=1S/C17H19FN4O/c1-2-9-20-15(16(19)23)13-7-5-10-21-17(13)22-11-12-6-3-4-8-14(12)18/h3-8,10H,2,9,11H2,1H3,(H2,19,23)(H,21,22). The van der Waals surface area contributed by atoms with Crippen LogP contribution in [0.2, 0.25) is 0 Å². The van der Waals surface area contributed by atoms with Crippen molar-refractivity contribution in [3.8, 4) is 0 Å². The summed E-state index contributed by atoms with van der Waals surface area (Å²) in [6.07, 6.45) is 2.39. The third-order valence-electron chi connectivity index (χ3n) is 3.19. The highest BCUT2D eigenvalue weighted by molar-refractivity contribution is 6.45. The summed E-state index contributed by atoms with van der Waals surface area (Å²) in [5.41, 5.74) is 6.63. The first-order valence-corrected chi connectivity index (χ1v) is 7.40. The Morgan fingerprint density at radius 2 is 2.09 bits per heavy atom. The van der Waals surface area contributed by atoms with E-state index >= 15 is 0 Å². The monoisotopic (exact) mass is 314 g/mol. The molecule has 0 spiro atoms. The third-order valence-corrected chi connectivity index (χ3v) is 3.19. The molecule has 0 aliphatic rings. The summed E-state index contributed by atoms with van der Waals surface area (Å²) < 4.78 is 13.7. The number of hydrogen-bond acceptors (Lipinski definition) is 4. The Hall–Kier alpha value is -2.76. The van der Waals surface area contributed by atoms with Crippen molar-refractivity contribution in [2.75, 3.05) is 11.9 Å². The number of benzene rings is 1. The molecule has 0 unspecified atom stereocenters. The molecule has 0 saturated carbocycles. The first-order valence-electron chi connectivity index (χ1n) is 7.40. The molecule has 1 aromatic carbocycles. The highest BCUT2D eigenvalue weighted by Crippen LogP contribution is 2.15. The number of aromatic nitrogens is 1. The Labute approximate surface area is 134 Å². The van der Waals surface area contributed by atoms with Crippen LogP contribution in [0.4, 0.5) is 10.2 Å². The van der Waals surface area contributed by atoms with Crippen molar-refractivity contribution in [2.45, 2.75) is 19.9 Å². The predicted octanol–water partition coefficient (Wildman–Crippen LogP) is 2.52. The smallest absolute Gasteiger partial charge is 0.267 e. The summed E-state index contributed by atoms with van der Waals surface area (Å²) in [7, 11) is 0. The molecule has 0 radical (unpaired) electrons. The van der Waals surface area contributed by atoms with Crippen molar-refractivity contribution in [2.24, 2.45) is 10.7 Å². The number of nitrogens with one attached hydrogen (secondary N) is 1. The summed E-state index contributed by atoms with van der Waals surface area (Å²) in [4.78, 5) is 20.1. The van der Waals surface area contributed by atoms with Crippen LogP contribution in [-0.4, -0.2) is 23.1 Å².